The minimum atomic E-state index is -0.208. The monoisotopic (exact) mass is 369 g/mol. The lowest BCUT2D eigenvalue weighted by molar-refractivity contribution is -0.870. The Bertz CT molecular complexity index is 734. The summed E-state index contributed by atoms with van der Waals surface area (Å²) >= 11 is 0. The minimum Gasteiger partial charge on any atom is -0.497 e. The highest BCUT2D eigenvalue weighted by atomic mass is 16.5. The van der Waals surface area contributed by atoms with E-state index in [0.29, 0.717) is 12.1 Å². The van der Waals surface area contributed by atoms with Gasteiger partial charge in [0.15, 0.2) is 0 Å². The van der Waals surface area contributed by atoms with Crippen molar-refractivity contribution in [1.82, 2.24) is 0 Å². The number of nitrogens with zero attached hydrogens (tertiary/aromatic N) is 1. The summed E-state index contributed by atoms with van der Waals surface area (Å²) < 4.78 is 5.18. The van der Waals surface area contributed by atoms with Gasteiger partial charge in [-0.3, -0.25) is 14.5 Å². The second-order valence-electron chi connectivity index (χ2n) is 7.94. The van der Waals surface area contributed by atoms with Gasteiger partial charge in [0.05, 0.1) is 31.8 Å². The molecule has 2 saturated heterocycles. The molecule has 0 unspecified atom stereocenters. The van der Waals surface area contributed by atoms with E-state index in [1.165, 1.54) is 42.9 Å². The average Bonchev–Trinajstić information content (AvgIpc) is 3.02. The number of quaternary nitrogens is 1. The van der Waals surface area contributed by atoms with Gasteiger partial charge in [-0.25, -0.2) is 0 Å². The first-order valence-electron chi connectivity index (χ1n) is 10.2. The number of benzene rings is 1. The lowest BCUT2D eigenvalue weighted by Gasteiger charge is -2.34. The molecule has 5 heteroatoms. The van der Waals surface area contributed by atoms with Crippen LogP contribution in [0.3, 0.4) is 0 Å². The van der Waals surface area contributed by atoms with Crippen LogP contribution in [0.25, 0.3) is 0 Å². The summed E-state index contributed by atoms with van der Waals surface area (Å²) in [6, 6.07) is 7.19. The largest absolute Gasteiger partial charge is 0.497 e. The van der Waals surface area contributed by atoms with E-state index in [9.17, 15) is 9.59 Å². The molecule has 2 amide bonds. The lowest BCUT2D eigenvalue weighted by atomic mass is 9.80. The minimum absolute atomic E-state index is 0.0284. The summed E-state index contributed by atoms with van der Waals surface area (Å²) in [5.74, 6) is 0.626. The quantitative estimate of drug-likeness (QED) is 0.829. The van der Waals surface area contributed by atoms with E-state index in [4.69, 9.17) is 4.74 Å². The van der Waals surface area contributed by atoms with Crippen LogP contribution in [0, 0.1) is 11.8 Å². The van der Waals surface area contributed by atoms with Crippen LogP contribution in [0.5, 0.6) is 5.75 Å². The van der Waals surface area contributed by atoms with E-state index in [2.05, 4.69) is 6.08 Å². The Morgan fingerprint density at radius 2 is 1.74 bits per heavy atom. The Morgan fingerprint density at radius 3 is 2.44 bits per heavy atom. The third-order valence-electron chi connectivity index (χ3n) is 6.35. The molecule has 1 aromatic carbocycles. The fourth-order valence-corrected chi connectivity index (χ4v) is 4.97. The summed E-state index contributed by atoms with van der Waals surface area (Å²) in [6.07, 6.45) is 9.77. The highest BCUT2D eigenvalue weighted by Crippen LogP contribution is 2.37. The van der Waals surface area contributed by atoms with Crippen molar-refractivity contribution in [2.45, 2.75) is 44.9 Å². The van der Waals surface area contributed by atoms with Crippen molar-refractivity contribution in [1.29, 1.82) is 0 Å². The smallest absolute Gasteiger partial charge is 0.238 e. The van der Waals surface area contributed by atoms with Crippen LogP contribution in [0.4, 0.5) is 5.69 Å². The summed E-state index contributed by atoms with van der Waals surface area (Å²) in [4.78, 5) is 28.9. The predicted molar refractivity (Wildman–Crippen MR) is 104 cm³/mol. The molecule has 0 radical (unpaired) electrons. The molecule has 1 aliphatic carbocycles. The number of carbonyl (C=O) groups excluding carboxylic acids is 2. The number of rotatable bonds is 4. The molecule has 1 aromatic rings. The van der Waals surface area contributed by atoms with Gasteiger partial charge < -0.3 is 9.64 Å². The van der Waals surface area contributed by atoms with Gasteiger partial charge >= 0.3 is 0 Å². The normalized spacial score (nSPS) is 27.0. The molecule has 3 aliphatic rings. The molecule has 2 fully saturated rings. The van der Waals surface area contributed by atoms with Gasteiger partial charge in [-0.1, -0.05) is 0 Å². The number of hydrogen-bond donors (Lipinski definition) is 1. The zero-order valence-corrected chi connectivity index (χ0v) is 16.1. The molecule has 5 nitrogen and oxygen atoms in total. The van der Waals surface area contributed by atoms with Crippen molar-refractivity contribution >= 4 is 17.5 Å². The van der Waals surface area contributed by atoms with E-state index in [1.807, 2.05) is 0 Å². The second kappa shape index (κ2) is 7.85. The molecule has 0 saturated carbocycles. The van der Waals surface area contributed by atoms with Crippen molar-refractivity contribution in [2.75, 3.05) is 25.1 Å². The maximum atomic E-state index is 13.2. The zero-order valence-electron chi connectivity index (χ0n) is 16.1. The standard InChI is InChI=1S/C22H28N2O3/c1-27-17-11-9-16(10-12-17)24-21(25)15-19(22(24)26)18-7-3-4-8-20(18)23-13-5-2-6-14-23/h8-12,18-19H,2-7,13-15H2,1H3/p+1/t18-,19-/m1/s1. The number of carbonyl (C=O) groups is 2. The van der Waals surface area contributed by atoms with E-state index >= 15 is 0 Å². The molecular formula is C22H29N2O3+. The number of likely N-dealkylation sites (tertiary alicyclic amines) is 1. The van der Waals surface area contributed by atoms with Crippen LogP contribution in [0.2, 0.25) is 0 Å². The topological polar surface area (TPSA) is 51.0 Å². The van der Waals surface area contributed by atoms with Crippen LogP contribution in [0.1, 0.15) is 44.9 Å². The number of anilines is 1. The van der Waals surface area contributed by atoms with Crippen LogP contribution in [0.15, 0.2) is 36.0 Å². The number of amides is 2. The Kier molecular flexibility index (Phi) is 5.30. The maximum Gasteiger partial charge on any atom is 0.238 e. The number of imide groups is 1. The van der Waals surface area contributed by atoms with Crippen molar-refractivity contribution < 1.29 is 19.2 Å². The number of hydrogen-bond acceptors (Lipinski definition) is 3. The third kappa shape index (κ3) is 3.53. The van der Waals surface area contributed by atoms with E-state index < -0.39 is 0 Å². The van der Waals surface area contributed by atoms with Crippen molar-refractivity contribution in [2.24, 2.45) is 11.8 Å². The number of methoxy groups -OCH3 is 1. The predicted octanol–water partition coefficient (Wildman–Crippen LogP) is 2.33. The molecule has 144 valence electrons. The first kappa shape index (κ1) is 18.2. The van der Waals surface area contributed by atoms with E-state index in [-0.39, 0.29) is 23.7 Å². The van der Waals surface area contributed by atoms with E-state index in [1.54, 1.807) is 36.3 Å². The molecule has 0 aromatic heterocycles. The molecule has 2 atom stereocenters. The number of allylic oxidation sites excluding steroid dienone is 2. The molecule has 2 aliphatic heterocycles. The Morgan fingerprint density at radius 1 is 1.00 bits per heavy atom. The average molecular weight is 369 g/mol. The molecule has 2 heterocycles. The SMILES string of the molecule is COc1ccc(N2C(=O)C[C@H]([C@H]3CCCC=C3[NH+]3CCCCC3)C2=O)cc1. The fourth-order valence-electron chi connectivity index (χ4n) is 4.97. The summed E-state index contributed by atoms with van der Waals surface area (Å²) in [7, 11) is 1.61. The highest BCUT2D eigenvalue weighted by Gasteiger charge is 2.47. The van der Waals surface area contributed by atoms with Crippen LogP contribution < -0.4 is 14.5 Å². The molecular weight excluding hydrogens is 340 g/mol. The molecule has 4 rings (SSSR count). The van der Waals surface area contributed by atoms with E-state index in [0.717, 1.165) is 25.0 Å². The Hall–Kier alpha value is -2.14. The van der Waals surface area contributed by atoms with Crippen molar-refractivity contribution in [3.05, 3.63) is 36.0 Å². The van der Waals surface area contributed by atoms with Crippen LogP contribution >= 0.6 is 0 Å². The number of ether oxygens (including phenoxy) is 1. The molecule has 0 bridgehead atoms. The van der Waals surface area contributed by atoms with Crippen LogP contribution in [-0.4, -0.2) is 32.0 Å². The first-order valence-corrected chi connectivity index (χ1v) is 10.2. The first-order chi connectivity index (χ1) is 13.2. The van der Waals surface area contributed by atoms with Gasteiger partial charge in [-0.05, 0) is 68.9 Å². The number of piperidine rings is 1. The Balaban J connectivity index is 1.56. The van der Waals surface area contributed by atoms with Gasteiger partial charge in [0.2, 0.25) is 11.8 Å². The third-order valence-corrected chi connectivity index (χ3v) is 6.35. The summed E-state index contributed by atoms with van der Waals surface area (Å²) in [5.41, 5.74) is 2.06. The molecule has 27 heavy (non-hydrogen) atoms. The summed E-state index contributed by atoms with van der Waals surface area (Å²) in [6.45, 7) is 2.33. The van der Waals surface area contributed by atoms with Crippen LogP contribution in [-0.2, 0) is 9.59 Å². The second-order valence-corrected chi connectivity index (χ2v) is 7.94. The zero-order chi connectivity index (χ0) is 18.8. The lowest BCUT2D eigenvalue weighted by Crippen LogP contribution is -3.11. The van der Waals surface area contributed by atoms with Gasteiger partial charge in [0.25, 0.3) is 0 Å². The fraction of sp³-hybridized carbons (Fsp3) is 0.545. The molecule has 0 spiro atoms. The number of nitrogens with one attached hydrogen (secondary N) is 1. The summed E-state index contributed by atoms with van der Waals surface area (Å²) in [5, 5.41) is 0. The van der Waals surface area contributed by atoms with Gasteiger partial charge in [-0.15, -0.1) is 0 Å². The van der Waals surface area contributed by atoms with Gasteiger partial charge in [-0.2, -0.15) is 0 Å². The molecule has 1 N–H and O–H groups in total. The van der Waals surface area contributed by atoms with Gasteiger partial charge in [0.1, 0.15) is 11.4 Å². The van der Waals surface area contributed by atoms with Crippen molar-refractivity contribution in [3.8, 4) is 5.75 Å². The van der Waals surface area contributed by atoms with Crippen molar-refractivity contribution in [3.63, 3.8) is 0 Å². The van der Waals surface area contributed by atoms with Gasteiger partial charge in [0, 0.05) is 12.3 Å². The Labute approximate surface area is 161 Å². The maximum absolute atomic E-state index is 13.2. The highest BCUT2D eigenvalue weighted by molar-refractivity contribution is 6.21.